The molecule has 1 fully saturated rings. The van der Waals surface area contributed by atoms with Gasteiger partial charge < -0.3 is 14.8 Å². The third-order valence-electron chi connectivity index (χ3n) is 4.74. The molecule has 3 rings (SSSR count). The highest BCUT2D eigenvalue weighted by atomic mass is 35.5. The molecule has 1 aromatic carbocycles. The first-order valence-electron chi connectivity index (χ1n) is 8.58. The number of phenolic OH excluding ortho intramolecular Hbond substituents is 1. The Morgan fingerprint density at radius 3 is 2.68 bits per heavy atom. The molecule has 2 aromatic rings. The van der Waals surface area contributed by atoms with E-state index in [2.05, 4.69) is 5.32 Å². The van der Waals surface area contributed by atoms with Crippen molar-refractivity contribution in [1.29, 1.82) is 0 Å². The molecule has 6 heteroatoms. The second-order valence-corrected chi connectivity index (χ2v) is 6.58. The van der Waals surface area contributed by atoms with E-state index in [1.54, 1.807) is 19.1 Å². The van der Waals surface area contributed by atoms with Gasteiger partial charge in [0.2, 0.25) is 0 Å². The monoisotopic (exact) mass is 365 g/mol. The van der Waals surface area contributed by atoms with E-state index in [1.165, 1.54) is 25.3 Å². The number of rotatable bonds is 5. The number of carbonyl (C=O) groups is 1. The van der Waals surface area contributed by atoms with Gasteiger partial charge in [0, 0.05) is 30.5 Å². The first-order chi connectivity index (χ1) is 11.5. The summed E-state index contributed by atoms with van der Waals surface area (Å²) in [5.41, 5.74) is 0.509. The van der Waals surface area contributed by atoms with E-state index in [-0.39, 0.29) is 35.9 Å². The van der Waals surface area contributed by atoms with Crippen molar-refractivity contribution < 1.29 is 14.3 Å². The Bertz CT molecular complexity index is 809. The van der Waals surface area contributed by atoms with Gasteiger partial charge >= 0.3 is 5.63 Å². The van der Waals surface area contributed by atoms with E-state index in [1.807, 2.05) is 0 Å². The van der Waals surface area contributed by atoms with Gasteiger partial charge in [-0.1, -0.05) is 19.3 Å². The van der Waals surface area contributed by atoms with Crippen molar-refractivity contribution >= 4 is 29.2 Å². The molecule has 1 aliphatic rings. The molecular formula is C19H24ClNO4. The predicted molar refractivity (Wildman–Crippen MR) is 100.0 cm³/mol. The lowest BCUT2D eigenvalue weighted by Gasteiger charge is -2.22. The summed E-state index contributed by atoms with van der Waals surface area (Å²) in [6.07, 6.45) is 6.38. The lowest BCUT2D eigenvalue weighted by atomic mass is 9.95. The second kappa shape index (κ2) is 8.50. The molecule has 0 unspecified atom stereocenters. The highest BCUT2D eigenvalue weighted by Crippen LogP contribution is 2.24. The zero-order valence-corrected chi connectivity index (χ0v) is 15.2. The normalized spacial score (nSPS) is 15.1. The zero-order chi connectivity index (χ0) is 17.1. The van der Waals surface area contributed by atoms with E-state index >= 15 is 0 Å². The molecule has 5 nitrogen and oxygen atoms in total. The molecule has 1 aliphatic carbocycles. The molecule has 0 bridgehead atoms. The first-order valence-corrected chi connectivity index (χ1v) is 8.58. The van der Waals surface area contributed by atoms with Gasteiger partial charge in [0.05, 0.1) is 0 Å². The maximum Gasteiger partial charge on any atom is 0.347 e. The molecule has 0 spiro atoms. The molecule has 136 valence electrons. The SMILES string of the molecule is Cc1cc(O)cc2oc(=O)c(C(=O)CCNC3CCCCC3)cc12.Cl. The van der Waals surface area contributed by atoms with Gasteiger partial charge in [-0.3, -0.25) is 4.79 Å². The van der Waals surface area contributed by atoms with Crippen LogP contribution in [-0.4, -0.2) is 23.5 Å². The van der Waals surface area contributed by atoms with Crippen molar-refractivity contribution in [3.8, 4) is 5.75 Å². The van der Waals surface area contributed by atoms with E-state index < -0.39 is 5.63 Å². The van der Waals surface area contributed by atoms with Crippen LogP contribution in [0.5, 0.6) is 5.75 Å². The molecule has 0 radical (unpaired) electrons. The number of ketones is 1. The molecule has 25 heavy (non-hydrogen) atoms. The number of aromatic hydroxyl groups is 1. The van der Waals surface area contributed by atoms with E-state index in [0.717, 1.165) is 18.4 Å². The average Bonchev–Trinajstić information content (AvgIpc) is 2.55. The van der Waals surface area contributed by atoms with Crippen LogP contribution in [-0.2, 0) is 0 Å². The number of halogens is 1. The number of carbonyl (C=O) groups excluding carboxylic acids is 1. The Hall–Kier alpha value is -1.85. The molecular weight excluding hydrogens is 342 g/mol. The molecule has 0 saturated heterocycles. The molecule has 0 amide bonds. The largest absolute Gasteiger partial charge is 0.508 e. The van der Waals surface area contributed by atoms with Crippen molar-refractivity contribution in [2.45, 2.75) is 51.5 Å². The van der Waals surface area contributed by atoms with Crippen LogP contribution in [0.4, 0.5) is 0 Å². The van der Waals surface area contributed by atoms with Crippen LogP contribution in [0, 0.1) is 6.92 Å². The minimum atomic E-state index is -0.643. The van der Waals surface area contributed by atoms with Crippen LogP contribution >= 0.6 is 12.4 Å². The number of aryl methyl sites for hydroxylation is 1. The maximum atomic E-state index is 12.4. The summed E-state index contributed by atoms with van der Waals surface area (Å²) < 4.78 is 5.22. The molecule has 1 heterocycles. The van der Waals surface area contributed by atoms with Crippen LogP contribution in [0.25, 0.3) is 11.0 Å². The van der Waals surface area contributed by atoms with Gasteiger partial charge in [-0.2, -0.15) is 0 Å². The zero-order valence-electron chi connectivity index (χ0n) is 14.3. The van der Waals surface area contributed by atoms with E-state index in [4.69, 9.17) is 4.42 Å². The lowest BCUT2D eigenvalue weighted by molar-refractivity contribution is 0.0977. The van der Waals surface area contributed by atoms with Crippen LogP contribution in [0.15, 0.2) is 27.4 Å². The summed E-state index contributed by atoms with van der Waals surface area (Å²) in [7, 11) is 0. The molecule has 0 atom stereocenters. The van der Waals surface area contributed by atoms with Gasteiger partial charge in [0.1, 0.15) is 16.9 Å². The molecule has 1 saturated carbocycles. The summed E-state index contributed by atoms with van der Waals surface area (Å²) >= 11 is 0. The summed E-state index contributed by atoms with van der Waals surface area (Å²) in [6.45, 7) is 2.39. The summed E-state index contributed by atoms with van der Waals surface area (Å²) in [5.74, 6) is -0.166. The fraction of sp³-hybridized carbons (Fsp3) is 0.474. The molecule has 0 aliphatic heterocycles. The lowest BCUT2D eigenvalue weighted by Crippen LogP contribution is -2.33. The van der Waals surface area contributed by atoms with Crippen molar-refractivity contribution in [3.63, 3.8) is 0 Å². The second-order valence-electron chi connectivity index (χ2n) is 6.58. The average molecular weight is 366 g/mol. The predicted octanol–water partition coefficient (Wildman–Crippen LogP) is 3.72. The quantitative estimate of drug-likeness (QED) is 0.623. The summed E-state index contributed by atoms with van der Waals surface area (Å²) in [5, 5.41) is 13.7. The Morgan fingerprint density at radius 1 is 1.24 bits per heavy atom. The standard InChI is InChI=1S/C19H23NO4.ClH/c1-12-9-14(21)10-18-15(12)11-16(19(23)24-18)17(22)7-8-20-13-5-3-2-4-6-13;/h9-11,13,20-21H,2-8H2,1H3;1H. The van der Waals surface area contributed by atoms with Crippen molar-refractivity contribution in [1.82, 2.24) is 5.32 Å². The molecule has 2 N–H and O–H groups in total. The van der Waals surface area contributed by atoms with Gasteiger partial charge in [0.25, 0.3) is 0 Å². The Morgan fingerprint density at radius 2 is 1.96 bits per heavy atom. The number of hydrogen-bond acceptors (Lipinski definition) is 5. The van der Waals surface area contributed by atoms with Gasteiger partial charge in [-0.15, -0.1) is 12.4 Å². The van der Waals surface area contributed by atoms with Crippen LogP contribution < -0.4 is 10.9 Å². The summed E-state index contributed by atoms with van der Waals surface area (Å²) in [4.78, 5) is 24.5. The highest BCUT2D eigenvalue weighted by molar-refractivity contribution is 5.98. The van der Waals surface area contributed by atoms with Crippen molar-refractivity contribution in [2.24, 2.45) is 0 Å². The first kappa shape index (κ1) is 19.5. The van der Waals surface area contributed by atoms with Crippen LogP contribution in [0.2, 0.25) is 0 Å². The Kier molecular flexibility index (Phi) is 6.62. The Balaban J connectivity index is 0.00000225. The minimum absolute atomic E-state index is 0. The number of phenols is 1. The van der Waals surface area contributed by atoms with Gasteiger partial charge in [0.15, 0.2) is 5.78 Å². The van der Waals surface area contributed by atoms with E-state index in [0.29, 0.717) is 23.6 Å². The van der Waals surface area contributed by atoms with Crippen molar-refractivity contribution in [2.75, 3.05) is 6.54 Å². The topological polar surface area (TPSA) is 79.5 Å². The molecule has 1 aromatic heterocycles. The number of nitrogens with one attached hydrogen (secondary N) is 1. The fourth-order valence-electron chi connectivity index (χ4n) is 3.40. The number of Topliss-reactive ketones (excluding diaryl/α,β-unsaturated/α-hetero) is 1. The third-order valence-corrected chi connectivity index (χ3v) is 4.74. The number of fused-ring (bicyclic) bond motifs is 1. The summed E-state index contributed by atoms with van der Waals surface area (Å²) in [6, 6.07) is 5.05. The maximum absolute atomic E-state index is 12.4. The van der Waals surface area contributed by atoms with Gasteiger partial charge in [-0.05, 0) is 37.5 Å². The van der Waals surface area contributed by atoms with Crippen molar-refractivity contribution in [3.05, 3.63) is 39.7 Å². The van der Waals surface area contributed by atoms with E-state index in [9.17, 15) is 14.7 Å². The minimum Gasteiger partial charge on any atom is -0.508 e. The van der Waals surface area contributed by atoms with Gasteiger partial charge in [-0.25, -0.2) is 4.79 Å². The van der Waals surface area contributed by atoms with Crippen LogP contribution in [0.1, 0.15) is 54.4 Å². The smallest absolute Gasteiger partial charge is 0.347 e. The van der Waals surface area contributed by atoms with Crippen LogP contribution in [0.3, 0.4) is 0 Å². The number of hydrogen-bond donors (Lipinski definition) is 2. The number of benzene rings is 1. The Labute approximate surface area is 152 Å². The third kappa shape index (κ3) is 4.61. The highest BCUT2D eigenvalue weighted by Gasteiger charge is 2.17. The fourth-order valence-corrected chi connectivity index (χ4v) is 3.40.